The Balaban J connectivity index is 0.00000208. The van der Waals surface area contributed by atoms with Crippen LogP contribution in [0.5, 0.6) is 5.75 Å². The van der Waals surface area contributed by atoms with Crippen molar-refractivity contribution < 1.29 is 33.2 Å². The molecule has 1 atom stereocenters. The summed E-state index contributed by atoms with van der Waals surface area (Å²) < 4.78 is 5.29. The van der Waals surface area contributed by atoms with Crippen molar-refractivity contribution in [3.8, 4) is 5.75 Å². The van der Waals surface area contributed by atoms with Gasteiger partial charge in [0.1, 0.15) is 11.4 Å². The van der Waals surface area contributed by atoms with Crippen molar-refractivity contribution in [2.24, 2.45) is 0 Å². The van der Waals surface area contributed by atoms with E-state index in [1.54, 1.807) is 24.3 Å². The van der Waals surface area contributed by atoms with Gasteiger partial charge in [0.2, 0.25) is 0 Å². The van der Waals surface area contributed by atoms with Gasteiger partial charge in [-0.05, 0) is 18.6 Å². The fourth-order valence-electron chi connectivity index (χ4n) is 2.80. The normalized spacial score (nSPS) is 11.7. The van der Waals surface area contributed by atoms with Crippen LogP contribution in [0, 0.1) is 0 Å². The third-order valence-electron chi connectivity index (χ3n) is 3.84. The number of Topliss-reactive ketones (excluding diaryl/α,β-unsaturated/α-hetero) is 1. The number of hydrogen-bond acceptors (Lipinski definition) is 4. The van der Waals surface area contributed by atoms with E-state index in [-0.39, 0.29) is 48.0 Å². The number of benzene rings is 2. The van der Waals surface area contributed by atoms with Crippen molar-refractivity contribution in [1.82, 2.24) is 0 Å². The first-order valence-electron chi connectivity index (χ1n) is 7.35. The molecular weight excluding hydrogens is 299 g/mol. The molecule has 0 saturated carbocycles. The van der Waals surface area contributed by atoms with Gasteiger partial charge in [-0.2, -0.15) is 0 Å². The van der Waals surface area contributed by atoms with Crippen LogP contribution in [0.15, 0.2) is 63.8 Å². The van der Waals surface area contributed by atoms with Gasteiger partial charge >= 0.3 is 24.5 Å². The molecule has 3 aromatic rings. The Kier molecular flexibility index (Phi) is 5.66. The average Bonchev–Trinajstić information content (AvgIpc) is 2.54. The largest absolute Gasteiger partial charge is 1.00 e. The minimum absolute atomic E-state index is 0. The molecule has 0 N–H and O–H groups in total. The van der Waals surface area contributed by atoms with E-state index in [1.807, 2.05) is 30.3 Å². The Hall–Kier alpha value is -2.28. The maximum atomic E-state index is 12.8. The molecule has 116 valence electrons. The van der Waals surface area contributed by atoms with Crippen molar-refractivity contribution in [3.05, 3.63) is 76.1 Å². The van der Waals surface area contributed by atoms with Crippen LogP contribution < -0.4 is 29.6 Å². The second-order valence-corrected chi connectivity index (χ2v) is 5.50. The molecule has 2 aromatic carbocycles. The van der Waals surface area contributed by atoms with Crippen LogP contribution >= 0.6 is 0 Å². The average molecular weight is 314 g/mol. The molecule has 0 saturated heterocycles. The zero-order valence-corrected chi connectivity index (χ0v) is 13.6. The van der Waals surface area contributed by atoms with Crippen molar-refractivity contribution in [2.75, 3.05) is 0 Å². The minimum Gasteiger partial charge on any atom is -0.872 e. The quantitative estimate of drug-likeness (QED) is 0.501. The third-order valence-corrected chi connectivity index (χ3v) is 3.84. The molecule has 1 heterocycles. The fourth-order valence-corrected chi connectivity index (χ4v) is 2.80. The smallest absolute Gasteiger partial charge is 0.872 e. The second kappa shape index (κ2) is 7.52. The number of hydrogen-bond donors (Lipinski definition) is 0. The number of rotatable bonds is 4. The molecular formula is C19H15LiO4. The van der Waals surface area contributed by atoms with Gasteiger partial charge in [0, 0.05) is 23.3 Å². The van der Waals surface area contributed by atoms with Crippen LogP contribution in [-0.2, 0) is 4.79 Å². The first kappa shape index (κ1) is 18.1. The summed E-state index contributed by atoms with van der Waals surface area (Å²) >= 11 is 0. The van der Waals surface area contributed by atoms with Crippen molar-refractivity contribution in [1.29, 1.82) is 0 Å². The van der Waals surface area contributed by atoms with Crippen LogP contribution in [0.4, 0.5) is 0 Å². The molecule has 24 heavy (non-hydrogen) atoms. The van der Waals surface area contributed by atoms with Crippen LogP contribution in [0.2, 0.25) is 0 Å². The summed E-state index contributed by atoms with van der Waals surface area (Å²) in [6.45, 7) is 1.45. The Bertz CT molecular complexity index is 916. The van der Waals surface area contributed by atoms with Crippen molar-refractivity contribution in [3.63, 3.8) is 0 Å². The van der Waals surface area contributed by atoms with E-state index in [0.717, 1.165) is 5.56 Å². The summed E-state index contributed by atoms with van der Waals surface area (Å²) in [6, 6.07) is 15.7. The molecule has 0 fully saturated rings. The summed E-state index contributed by atoms with van der Waals surface area (Å²) in [5, 5.41) is 13.1. The van der Waals surface area contributed by atoms with Crippen LogP contribution in [-0.4, -0.2) is 5.78 Å². The van der Waals surface area contributed by atoms with Gasteiger partial charge in [-0.25, -0.2) is 4.79 Å². The predicted molar refractivity (Wildman–Crippen MR) is 85.5 cm³/mol. The number of para-hydroxylation sites is 1. The number of ketones is 1. The van der Waals surface area contributed by atoms with Gasteiger partial charge in [-0.15, -0.1) is 0 Å². The maximum Gasteiger partial charge on any atom is 1.00 e. The SMILES string of the molecule is CC(=O)CC(c1ccccc1)c1c([O-])c2ccccc2oc1=O.[Li+]. The monoisotopic (exact) mass is 314 g/mol. The van der Waals surface area contributed by atoms with E-state index in [4.69, 9.17) is 4.42 Å². The zero-order valence-electron chi connectivity index (χ0n) is 13.6. The van der Waals surface area contributed by atoms with Gasteiger partial charge in [0.15, 0.2) is 0 Å². The molecule has 4 nitrogen and oxygen atoms in total. The molecule has 1 aromatic heterocycles. The fraction of sp³-hybridized carbons (Fsp3) is 0.158. The van der Waals surface area contributed by atoms with E-state index < -0.39 is 11.5 Å². The van der Waals surface area contributed by atoms with E-state index in [9.17, 15) is 14.7 Å². The molecule has 5 heteroatoms. The molecule has 0 amide bonds. The molecule has 3 rings (SSSR count). The van der Waals surface area contributed by atoms with Gasteiger partial charge in [0.05, 0.1) is 0 Å². The third kappa shape index (κ3) is 3.45. The molecule has 0 aliphatic carbocycles. The second-order valence-electron chi connectivity index (χ2n) is 5.50. The van der Waals surface area contributed by atoms with E-state index in [1.165, 1.54) is 6.92 Å². The maximum absolute atomic E-state index is 12.8. The first-order chi connectivity index (χ1) is 11.1. The Labute approximate surface area is 151 Å². The van der Waals surface area contributed by atoms with Crippen LogP contribution in [0.1, 0.15) is 30.4 Å². The van der Waals surface area contributed by atoms with E-state index >= 15 is 0 Å². The Morgan fingerprint density at radius 3 is 2.38 bits per heavy atom. The molecule has 0 aliphatic rings. The van der Waals surface area contributed by atoms with Gasteiger partial charge in [-0.1, -0.05) is 54.3 Å². The zero-order chi connectivity index (χ0) is 16.4. The molecule has 1 unspecified atom stereocenters. The number of carbonyl (C=O) groups is 1. The van der Waals surface area contributed by atoms with Gasteiger partial charge in [0.25, 0.3) is 0 Å². The van der Waals surface area contributed by atoms with Crippen LogP contribution in [0.25, 0.3) is 11.0 Å². The van der Waals surface area contributed by atoms with E-state index in [2.05, 4.69) is 0 Å². The summed E-state index contributed by atoms with van der Waals surface area (Å²) in [4.78, 5) is 24.0. The van der Waals surface area contributed by atoms with Crippen LogP contribution in [0.3, 0.4) is 0 Å². The summed E-state index contributed by atoms with van der Waals surface area (Å²) in [6.07, 6.45) is 0.0857. The van der Waals surface area contributed by atoms with Gasteiger partial charge < -0.3 is 9.52 Å². The van der Waals surface area contributed by atoms with Crippen molar-refractivity contribution in [2.45, 2.75) is 19.3 Å². The topological polar surface area (TPSA) is 70.3 Å². The Morgan fingerprint density at radius 1 is 1.08 bits per heavy atom. The minimum atomic E-state index is -0.677. The summed E-state index contributed by atoms with van der Waals surface area (Å²) in [5.74, 6) is -1.06. The molecule has 0 aliphatic heterocycles. The summed E-state index contributed by atoms with van der Waals surface area (Å²) in [7, 11) is 0. The molecule has 0 radical (unpaired) electrons. The molecule has 0 bridgehead atoms. The predicted octanol–water partition coefficient (Wildman–Crippen LogP) is -0.0184. The number of fused-ring (bicyclic) bond motifs is 1. The van der Waals surface area contributed by atoms with Gasteiger partial charge in [-0.3, -0.25) is 4.79 Å². The standard InChI is InChI=1S/C19H16O4.Li/c1-12(20)11-15(13-7-3-2-4-8-13)17-18(21)14-9-5-6-10-16(14)23-19(17)22;/h2-10,15,21H,11H2,1H3;/q;+1/p-1. The molecule has 0 spiro atoms. The number of carbonyl (C=O) groups excluding carboxylic acids is 1. The Morgan fingerprint density at radius 2 is 1.71 bits per heavy atom. The van der Waals surface area contributed by atoms with Crippen molar-refractivity contribution >= 4 is 16.8 Å². The van der Waals surface area contributed by atoms with E-state index in [0.29, 0.717) is 5.39 Å². The summed E-state index contributed by atoms with van der Waals surface area (Å²) in [5.41, 5.74) is 0.358. The first-order valence-corrected chi connectivity index (χ1v) is 7.35.